The number of rotatable bonds is 6. The van der Waals surface area contributed by atoms with E-state index >= 15 is 0 Å². The molecule has 1 radical (unpaired) electrons. The predicted molar refractivity (Wildman–Crippen MR) is 204 cm³/mol. The number of para-hydroxylation sites is 2. The standard InChI is InChI=1S/C24H22N3O.C18H24GeN.Ir/c1-13(2)27-20-9-7-6-8-19(20)26-24(27)17-11-10-14(3)21-18-12-15(4)25-16(5)22(18)28-23(17)21;1-14(2)11-16-12-18(15-9-7-6-8-10-15)20-13-17(16)19(3,4)5;/h6-10,12-13H,1-5H3;6-9,12-14H,11H2,1-5H3;/q2*-1;. The second-order valence-electron chi connectivity index (χ2n) is 14.6. The second kappa shape index (κ2) is 14.7. The molecule has 0 aliphatic carbocycles. The fourth-order valence-corrected chi connectivity index (χ4v) is 10.0. The molecule has 7 rings (SSSR count). The van der Waals surface area contributed by atoms with Crippen LogP contribution in [0.15, 0.2) is 77.3 Å². The molecule has 0 amide bonds. The van der Waals surface area contributed by atoms with Crippen molar-refractivity contribution in [1.82, 2.24) is 19.5 Å². The third-order valence-electron chi connectivity index (χ3n) is 8.77. The van der Waals surface area contributed by atoms with Gasteiger partial charge in [0, 0.05) is 37.2 Å². The molecule has 4 heterocycles. The number of hydrogen-bond donors (Lipinski definition) is 0. The molecule has 0 bridgehead atoms. The van der Waals surface area contributed by atoms with Crippen molar-refractivity contribution in [3.8, 4) is 22.6 Å². The van der Waals surface area contributed by atoms with Crippen molar-refractivity contribution >= 4 is 50.6 Å². The van der Waals surface area contributed by atoms with Crippen molar-refractivity contribution in [3.63, 3.8) is 0 Å². The van der Waals surface area contributed by atoms with Gasteiger partial charge in [0.1, 0.15) is 5.58 Å². The molecule has 0 atom stereocenters. The third kappa shape index (κ3) is 7.47. The summed E-state index contributed by atoms with van der Waals surface area (Å²) in [5.74, 6) is 8.88. The first-order valence-electron chi connectivity index (χ1n) is 17.0. The average molecular weight is 888 g/mol. The quantitative estimate of drug-likeness (QED) is 0.123. The second-order valence-corrected chi connectivity index (χ2v) is 25.2. The largest absolute Gasteiger partial charge is 0.499 e. The molecule has 0 N–H and O–H groups in total. The van der Waals surface area contributed by atoms with Crippen molar-refractivity contribution in [2.45, 2.75) is 78.2 Å². The predicted octanol–water partition coefficient (Wildman–Crippen LogP) is 10.6. The number of nitrogens with zero attached hydrogens (tertiary/aromatic N) is 4. The van der Waals surface area contributed by atoms with Crippen LogP contribution in [0.2, 0.25) is 17.3 Å². The summed E-state index contributed by atoms with van der Waals surface area (Å²) in [6.45, 7) is 15.1. The molecule has 0 saturated carbocycles. The minimum atomic E-state index is -1.86. The van der Waals surface area contributed by atoms with E-state index in [-0.39, 0.29) is 26.1 Å². The van der Waals surface area contributed by atoms with E-state index in [0.717, 1.165) is 79.0 Å². The van der Waals surface area contributed by atoms with Crippen LogP contribution in [-0.2, 0) is 26.5 Å². The fraction of sp³-hybridized carbons (Fsp3) is 0.310. The summed E-state index contributed by atoms with van der Waals surface area (Å²) >= 11 is -1.86. The van der Waals surface area contributed by atoms with E-state index in [2.05, 4.69) is 116 Å². The van der Waals surface area contributed by atoms with Crippen LogP contribution in [0.3, 0.4) is 0 Å². The van der Waals surface area contributed by atoms with Crippen LogP contribution < -0.4 is 4.40 Å². The number of furan rings is 1. The maximum Gasteiger partial charge on any atom is 0.142 e. The molecular formula is C42H46GeIrN4O-2. The first kappa shape index (κ1) is 36.7. The average Bonchev–Trinajstić information content (AvgIpc) is 3.61. The van der Waals surface area contributed by atoms with Gasteiger partial charge in [-0.3, -0.25) is 9.97 Å². The van der Waals surface area contributed by atoms with Crippen LogP contribution in [0, 0.1) is 38.8 Å². The van der Waals surface area contributed by atoms with Crippen molar-refractivity contribution < 1.29 is 24.5 Å². The van der Waals surface area contributed by atoms with E-state index in [1.54, 1.807) is 4.40 Å². The van der Waals surface area contributed by atoms with Crippen molar-refractivity contribution in [1.29, 1.82) is 0 Å². The van der Waals surface area contributed by atoms with Gasteiger partial charge in [0.05, 0.1) is 28.1 Å². The van der Waals surface area contributed by atoms with Crippen LogP contribution in [0.1, 0.15) is 56.3 Å². The molecule has 3 aromatic carbocycles. The zero-order chi connectivity index (χ0) is 34.3. The molecule has 255 valence electrons. The number of benzene rings is 3. The third-order valence-corrected chi connectivity index (χ3v) is 13.1. The minimum Gasteiger partial charge on any atom is -0.499 e. The number of fused-ring (bicyclic) bond motifs is 4. The van der Waals surface area contributed by atoms with Gasteiger partial charge < -0.3 is 8.98 Å². The molecule has 0 unspecified atom stereocenters. The number of hydrogen-bond acceptors (Lipinski definition) is 4. The summed E-state index contributed by atoms with van der Waals surface area (Å²) < 4.78 is 10.2. The van der Waals surface area contributed by atoms with Gasteiger partial charge in [-0.2, -0.15) is 0 Å². The first-order valence-corrected chi connectivity index (χ1v) is 24.3. The summed E-state index contributed by atoms with van der Waals surface area (Å²) in [6, 6.07) is 29.8. The van der Waals surface area contributed by atoms with E-state index in [4.69, 9.17) is 14.4 Å². The molecule has 7 heteroatoms. The summed E-state index contributed by atoms with van der Waals surface area (Å²) in [7, 11) is 0. The summed E-state index contributed by atoms with van der Waals surface area (Å²) in [5.41, 5.74) is 11.4. The molecule has 4 aromatic heterocycles. The van der Waals surface area contributed by atoms with Crippen LogP contribution >= 0.6 is 0 Å². The molecular weight excluding hydrogens is 841 g/mol. The Morgan fingerprint density at radius 2 is 1.61 bits per heavy atom. The van der Waals surface area contributed by atoms with Gasteiger partial charge in [0.15, 0.2) is 0 Å². The van der Waals surface area contributed by atoms with Crippen molar-refractivity contribution in [3.05, 3.63) is 108 Å². The zero-order valence-corrected chi connectivity index (χ0v) is 34.8. The van der Waals surface area contributed by atoms with Crippen molar-refractivity contribution in [2.24, 2.45) is 5.92 Å². The van der Waals surface area contributed by atoms with Crippen LogP contribution in [0.5, 0.6) is 0 Å². The van der Waals surface area contributed by atoms with E-state index in [1.165, 1.54) is 5.56 Å². The molecule has 5 nitrogen and oxygen atoms in total. The molecule has 0 fully saturated rings. The summed E-state index contributed by atoms with van der Waals surface area (Å²) in [6.07, 6.45) is 3.27. The van der Waals surface area contributed by atoms with Gasteiger partial charge in [-0.05, 0) is 45.9 Å². The van der Waals surface area contributed by atoms with E-state index < -0.39 is 13.3 Å². The number of aryl methyl sites for hydroxylation is 3. The van der Waals surface area contributed by atoms with Crippen LogP contribution in [-0.4, -0.2) is 32.8 Å². The molecule has 0 saturated heterocycles. The van der Waals surface area contributed by atoms with Crippen molar-refractivity contribution in [2.75, 3.05) is 0 Å². The first-order chi connectivity index (χ1) is 22.8. The smallest absolute Gasteiger partial charge is 0.142 e. The molecule has 49 heavy (non-hydrogen) atoms. The van der Waals surface area contributed by atoms with Crippen LogP contribution in [0.25, 0.3) is 55.6 Å². The van der Waals surface area contributed by atoms with E-state index in [1.807, 2.05) is 44.2 Å². The Morgan fingerprint density at radius 3 is 2.29 bits per heavy atom. The molecule has 0 aliphatic rings. The van der Waals surface area contributed by atoms with E-state index in [0.29, 0.717) is 5.92 Å². The Hall–Kier alpha value is -3.58. The number of aromatic nitrogens is 4. The number of imidazole rings is 1. The molecule has 0 aliphatic heterocycles. The molecule has 0 spiro atoms. The zero-order valence-electron chi connectivity index (χ0n) is 30.3. The Labute approximate surface area is 307 Å². The summed E-state index contributed by atoms with van der Waals surface area (Å²) in [4.78, 5) is 14.2. The maximum atomic E-state index is 6.39. The topological polar surface area (TPSA) is 56.7 Å². The minimum absolute atomic E-state index is 0. The van der Waals surface area contributed by atoms with E-state index in [9.17, 15) is 0 Å². The van der Waals surface area contributed by atoms with Gasteiger partial charge in [0.2, 0.25) is 0 Å². The van der Waals surface area contributed by atoms with Gasteiger partial charge in [-0.25, -0.2) is 0 Å². The van der Waals surface area contributed by atoms with Gasteiger partial charge in [-0.15, -0.1) is 17.7 Å². The van der Waals surface area contributed by atoms with Gasteiger partial charge in [-0.1, -0.05) is 30.0 Å². The Bertz CT molecular complexity index is 2240. The monoisotopic (exact) mass is 889 g/mol. The van der Waals surface area contributed by atoms with Gasteiger partial charge in [0.25, 0.3) is 0 Å². The molecule has 7 aromatic rings. The Kier molecular flexibility index (Phi) is 11.0. The Morgan fingerprint density at radius 1 is 0.878 bits per heavy atom. The van der Waals surface area contributed by atoms with Crippen LogP contribution in [0.4, 0.5) is 0 Å². The SMILES string of the molecule is CC(C)Cc1cc(-c2[c-]cccc2)nc[c]1[Ge]([CH3])([CH3])[CH3].Cc1cc2c(oc3c(-c4nc5ccccc5n4C(C)C)[c-]cc(C)c32)c(C)n1.[Ir]. The normalized spacial score (nSPS) is 11.8. The summed E-state index contributed by atoms with van der Waals surface area (Å²) in [5, 5.41) is 2.24. The fourth-order valence-electron chi connectivity index (χ4n) is 6.68. The Balaban J connectivity index is 0.000000199. The van der Waals surface area contributed by atoms with Gasteiger partial charge >= 0.3 is 126 Å². The number of pyridine rings is 2. The maximum absolute atomic E-state index is 6.39.